The second-order valence-electron chi connectivity index (χ2n) is 8.58. The zero-order chi connectivity index (χ0) is 26.6. The molecule has 0 heterocycles. The molecule has 1 aliphatic rings. The van der Waals surface area contributed by atoms with E-state index in [1.54, 1.807) is 0 Å². The van der Waals surface area contributed by atoms with E-state index in [1.165, 1.54) is 7.07 Å². The third kappa shape index (κ3) is 8.28. The molecule has 0 fully saturated rings. The van der Waals surface area contributed by atoms with Crippen molar-refractivity contribution in [1.29, 1.82) is 0 Å². The monoisotopic (exact) mass is 525 g/mol. The van der Waals surface area contributed by atoms with Crippen molar-refractivity contribution in [3.8, 4) is 11.1 Å². The van der Waals surface area contributed by atoms with Gasteiger partial charge in [0.25, 0.3) is 0 Å². The van der Waals surface area contributed by atoms with Gasteiger partial charge < -0.3 is 0 Å². The van der Waals surface area contributed by atoms with Crippen LogP contribution in [0.4, 0.5) is 11.4 Å². The average Bonchev–Trinajstić information content (AvgIpc) is 3.18. The minimum atomic E-state index is -0.392. The SMILES string of the molecule is CCCOCC(=O)Nc1ccc2c(c1)C(COC(=O)CB=NP)c1cc(NC(=O)COCCC)ccc1-2. The summed E-state index contributed by atoms with van der Waals surface area (Å²) in [6, 6.07) is 11.3. The third-order valence-electron chi connectivity index (χ3n) is 5.65. The Labute approximate surface area is 220 Å². The topological polar surface area (TPSA) is 115 Å². The van der Waals surface area contributed by atoms with Crippen LogP contribution in [0.25, 0.3) is 11.1 Å². The number of carbonyl (C=O) groups excluding carboxylic acids is 3. The summed E-state index contributed by atoms with van der Waals surface area (Å²) in [5, 5.41) is 5.74. The van der Waals surface area contributed by atoms with Gasteiger partial charge in [-0.1, -0.05) is 13.8 Å². The molecule has 0 saturated heterocycles. The standard InChI is InChI=1S/C26H33BN3O6P/c1-3-9-34-15-24(31)28-17-5-7-19-20-8-6-18(29-25(32)16-35-10-4-2)12-22(20)23(21(19)11-17)14-36-26(33)13-27-30-37/h5-8,11-12,23H,3-4,9-10,13-16,37H2,1-2H3,(H,28,31)(H,29,32). The van der Waals surface area contributed by atoms with Gasteiger partial charge in [0, 0.05) is 13.2 Å². The number of nitrogens with zero attached hydrogens (tertiary/aromatic N) is 1. The third-order valence-corrected chi connectivity index (χ3v) is 5.86. The van der Waals surface area contributed by atoms with Gasteiger partial charge in [-0.05, 0) is 12.8 Å². The fourth-order valence-electron chi connectivity index (χ4n) is 4.07. The maximum absolute atomic E-state index is 12.3. The van der Waals surface area contributed by atoms with Crippen LogP contribution in [0.3, 0.4) is 0 Å². The Hall–Kier alpha value is -2.94. The van der Waals surface area contributed by atoms with Crippen molar-refractivity contribution in [1.82, 2.24) is 0 Å². The summed E-state index contributed by atoms with van der Waals surface area (Å²) in [5.41, 5.74) is 5.06. The molecule has 1 aliphatic carbocycles. The van der Waals surface area contributed by atoms with Gasteiger partial charge in [-0.25, -0.2) is 0 Å². The number of anilines is 2. The number of rotatable bonds is 14. The normalized spacial score (nSPS) is 12.1. The van der Waals surface area contributed by atoms with E-state index in [2.05, 4.69) is 24.7 Å². The maximum atomic E-state index is 12.3. The summed E-state index contributed by atoms with van der Waals surface area (Å²) in [7, 11) is 3.65. The van der Waals surface area contributed by atoms with Crippen LogP contribution < -0.4 is 10.6 Å². The van der Waals surface area contributed by atoms with Gasteiger partial charge in [0.2, 0.25) is 0 Å². The molecule has 11 heteroatoms. The molecule has 0 spiro atoms. The number of fused-ring (bicyclic) bond motifs is 3. The van der Waals surface area contributed by atoms with Gasteiger partial charge in [-0.15, -0.1) is 0 Å². The van der Waals surface area contributed by atoms with Crippen LogP contribution in [0.5, 0.6) is 0 Å². The van der Waals surface area contributed by atoms with Crippen LogP contribution in [-0.4, -0.2) is 57.9 Å². The summed E-state index contributed by atoms with van der Waals surface area (Å²) in [6.45, 7) is 5.07. The van der Waals surface area contributed by atoms with E-state index in [0.29, 0.717) is 24.6 Å². The summed E-state index contributed by atoms with van der Waals surface area (Å²) < 4.78 is 20.0. The predicted octanol–water partition coefficient (Wildman–Crippen LogP) is 4.17. The Morgan fingerprint density at radius 1 is 0.892 bits per heavy atom. The molecular formula is C26H33BN3O6P. The van der Waals surface area contributed by atoms with Crippen molar-refractivity contribution >= 4 is 45.6 Å². The molecule has 0 radical (unpaired) electrons. The Balaban J connectivity index is 1.83. The zero-order valence-corrected chi connectivity index (χ0v) is 22.4. The molecule has 1 unspecified atom stereocenters. The van der Waals surface area contributed by atoms with Crippen molar-refractivity contribution in [2.45, 2.75) is 38.9 Å². The fraction of sp³-hybridized carbons (Fsp3) is 0.423. The van der Waals surface area contributed by atoms with Crippen molar-refractivity contribution in [2.24, 2.45) is 4.67 Å². The van der Waals surface area contributed by atoms with E-state index in [1.807, 2.05) is 50.2 Å². The van der Waals surface area contributed by atoms with Crippen LogP contribution in [0.15, 0.2) is 41.1 Å². The number of carbonyl (C=O) groups is 3. The van der Waals surface area contributed by atoms with Gasteiger partial charge in [-0.3, -0.25) is 0 Å². The molecule has 0 aromatic heterocycles. The molecule has 2 aromatic carbocycles. The van der Waals surface area contributed by atoms with Crippen molar-refractivity contribution in [3.63, 3.8) is 0 Å². The molecule has 2 N–H and O–H groups in total. The molecule has 9 nitrogen and oxygen atoms in total. The number of amides is 2. The summed E-state index contributed by atoms with van der Waals surface area (Å²) >= 11 is 0. The molecule has 196 valence electrons. The van der Waals surface area contributed by atoms with Crippen LogP contribution >= 0.6 is 9.39 Å². The Morgan fingerprint density at radius 2 is 1.41 bits per heavy atom. The molecule has 0 saturated carbocycles. The van der Waals surface area contributed by atoms with E-state index in [4.69, 9.17) is 14.2 Å². The first-order chi connectivity index (χ1) is 18.0. The molecule has 0 bridgehead atoms. The Bertz CT molecular complexity index is 1070. The molecule has 37 heavy (non-hydrogen) atoms. The Kier molecular flexibility index (Phi) is 11.4. The van der Waals surface area contributed by atoms with Gasteiger partial charge in [0.15, 0.2) is 0 Å². The first kappa shape index (κ1) is 28.6. The average molecular weight is 525 g/mol. The molecule has 3 rings (SSSR count). The van der Waals surface area contributed by atoms with E-state index in [0.717, 1.165) is 35.1 Å². The van der Waals surface area contributed by atoms with Gasteiger partial charge in [0.1, 0.15) is 0 Å². The molecule has 0 aliphatic heterocycles. The van der Waals surface area contributed by atoms with Gasteiger partial charge in [-0.2, -0.15) is 0 Å². The Morgan fingerprint density at radius 3 is 1.86 bits per heavy atom. The van der Waals surface area contributed by atoms with Crippen molar-refractivity contribution < 1.29 is 28.6 Å². The summed E-state index contributed by atoms with van der Waals surface area (Å²) in [5.74, 6) is -1.14. The molecule has 2 amide bonds. The minimum absolute atomic E-state index is 0.0194. The quantitative estimate of drug-likeness (QED) is 0.166. The van der Waals surface area contributed by atoms with E-state index in [-0.39, 0.29) is 43.9 Å². The van der Waals surface area contributed by atoms with Crippen LogP contribution in [0.1, 0.15) is 43.7 Å². The number of hydrogen-bond donors (Lipinski definition) is 2. The van der Waals surface area contributed by atoms with Crippen molar-refractivity contribution in [3.05, 3.63) is 47.5 Å². The number of nitrogens with one attached hydrogen (secondary N) is 2. The molecular weight excluding hydrogens is 492 g/mol. The number of esters is 1. The summed E-state index contributed by atoms with van der Waals surface area (Å²) in [4.78, 5) is 36.7. The second-order valence-corrected chi connectivity index (χ2v) is 8.88. The van der Waals surface area contributed by atoms with Crippen LogP contribution in [0.2, 0.25) is 6.32 Å². The number of ether oxygens (including phenoxy) is 3. The van der Waals surface area contributed by atoms with E-state index in [9.17, 15) is 14.4 Å². The number of hydrogen-bond acceptors (Lipinski definition) is 7. The molecule has 1 atom stereocenters. The van der Waals surface area contributed by atoms with Gasteiger partial charge >= 0.3 is 180 Å². The van der Waals surface area contributed by atoms with E-state index >= 15 is 0 Å². The first-order valence-electron chi connectivity index (χ1n) is 12.4. The van der Waals surface area contributed by atoms with Gasteiger partial charge in [0.05, 0.1) is 0 Å². The molecule has 2 aromatic rings. The second kappa shape index (κ2) is 14.7. The summed E-state index contributed by atoms with van der Waals surface area (Å²) in [6.07, 6.45) is 1.74. The van der Waals surface area contributed by atoms with Crippen LogP contribution in [0, 0.1) is 0 Å². The first-order valence-corrected chi connectivity index (χ1v) is 12.9. The van der Waals surface area contributed by atoms with Crippen LogP contribution in [-0.2, 0) is 28.6 Å². The van der Waals surface area contributed by atoms with Crippen molar-refractivity contribution in [2.75, 3.05) is 43.7 Å². The van der Waals surface area contributed by atoms with E-state index < -0.39 is 5.97 Å². The predicted molar refractivity (Wildman–Crippen MR) is 147 cm³/mol. The number of benzene rings is 2. The zero-order valence-electron chi connectivity index (χ0n) is 21.2. The fourth-order valence-corrected chi connectivity index (χ4v) is 4.18.